The van der Waals surface area contributed by atoms with Crippen molar-refractivity contribution in [3.05, 3.63) is 72.4 Å². The summed E-state index contributed by atoms with van der Waals surface area (Å²) in [6.07, 6.45) is 0.667. The second-order valence-electron chi connectivity index (χ2n) is 8.13. The summed E-state index contributed by atoms with van der Waals surface area (Å²) in [4.78, 5) is 28.3. The summed E-state index contributed by atoms with van der Waals surface area (Å²) in [7, 11) is 1.61. The van der Waals surface area contributed by atoms with E-state index in [4.69, 9.17) is 4.74 Å². The third-order valence-electron chi connectivity index (χ3n) is 5.27. The van der Waals surface area contributed by atoms with Gasteiger partial charge in [-0.2, -0.15) is 13.2 Å². The highest BCUT2D eigenvalue weighted by molar-refractivity contribution is 6.03. The molecule has 0 saturated carbocycles. The van der Waals surface area contributed by atoms with Crippen molar-refractivity contribution in [1.82, 2.24) is 10.3 Å². The zero-order chi connectivity index (χ0) is 26.1. The number of rotatable bonds is 10. The van der Waals surface area contributed by atoms with Crippen LogP contribution in [0.2, 0.25) is 0 Å². The second kappa shape index (κ2) is 12.1. The molecular formula is C26H27F3N4O3. The van der Waals surface area contributed by atoms with Gasteiger partial charge >= 0.3 is 6.18 Å². The number of ether oxygens (including phenoxy) is 1. The molecule has 0 aliphatic carbocycles. The normalized spacial score (nSPS) is 12.4. The molecule has 0 bridgehead atoms. The van der Waals surface area contributed by atoms with Crippen LogP contribution in [0.15, 0.2) is 66.9 Å². The van der Waals surface area contributed by atoms with E-state index in [1.54, 1.807) is 13.3 Å². The molecule has 36 heavy (non-hydrogen) atoms. The number of nitrogens with zero attached hydrogens (tertiary/aromatic N) is 1. The summed E-state index contributed by atoms with van der Waals surface area (Å²) >= 11 is 0. The molecule has 0 aliphatic heterocycles. The molecule has 3 rings (SSSR count). The molecule has 2 aromatic carbocycles. The Morgan fingerprint density at radius 2 is 1.86 bits per heavy atom. The van der Waals surface area contributed by atoms with Crippen LogP contribution in [0.1, 0.15) is 25.3 Å². The standard InChI is InChI=1S/C26H27F3N4O3/c1-17(32-22-16-21(36-2)14-18-7-5-13-31-25(18)22)6-4-12-30-23(34)10-11-24(35)33-20-9-3-8-19(15-20)26(27,28)29/h3,5,7-11,13-17,32H,4,6,12H2,1-2H3,(H,30,34)(H,33,35)/b11-10+. The van der Waals surface area contributed by atoms with Gasteiger partial charge in [-0.25, -0.2) is 0 Å². The lowest BCUT2D eigenvalue weighted by molar-refractivity contribution is -0.137. The van der Waals surface area contributed by atoms with Crippen molar-refractivity contribution in [2.45, 2.75) is 32.0 Å². The van der Waals surface area contributed by atoms with E-state index in [-0.39, 0.29) is 11.7 Å². The topological polar surface area (TPSA) is 92.4 Å². The Hall–Kier alpha value is -4.08. The molecule has 3 N–H and O–H groups in total. The van der Waals surface area contributed by atoms with E-state index in [1.807, 2.05) is 31.2 Å². The van der Waals surface area contributed by atoms with Crippen LogP contribution in [0.5, 0.6) is 5.75 Å². The molecule has 0 aliphatic rings. The van der Waals surface area contributed by atoms with Gasteiger partial charge in [0.05, 0.1) is 23.9 Å². The first-order valence-corrected chi connectivity index (χ1v) is 11.3. The van der Waals surface area contributed by atoms with Crippen LogP contribution < -0.4 is 20.7 Å². The monoisotopic (exact) mass is 500 g/mol. The largest absolute Gasteiger partial charge is 0.497 e. The Morgan fingerprint density at radius 3 is 2.61 bits per heavy atom. The zero-order valence-electron chi connectivity index (χ0n) is 19.9. The van der Waals surface area contributed by atoms with E-state index < -0.39 is 23.6 Å². The fourth-order valence-corrected chi connectivity index (χ4v) is 3.52. The molecule has 0 radical (unpaired) electrons. The molecule has 2 amide bonds. The Labute approximate surface area is 206 Å². The second-order valence-corrected chi connectivity index (χ2v) is 8.13. The third kappa shape index (κ3) is 7.72. The number of nitrogens with one attached hydrogen (secondary N) is 3. The molecule has 0 saturated heterocycles. The zero-order valence-corrected chi connectivity index (χ0v) is 19.9. The van der Waals surface area contributed by atoms with Gasteiger partial charge in [-0.05, 0) is 50.1 Å². The smallest absolute Gasteiger partial charge is 0.416 e. The number of benzene rings is 2. The van der Waals surface area contributed by atoms with Crippen LogP contribution in [-0.4, -0.2) is 36.5 Å². The highest BCUT2D eigenvalue weighted by atomic mass is 19.4. The maximum atomic E-state index is 12.8. The van der Waals surface area contributed by atoms with E-state index in [9.17, 15) is 22.8 Å². The fraction of sp³-hybridized carbons (Fsp3) is 0.269. The number of anilines is 2. The SMILES string of the molecule is COc1cc(NC(C)CCCNC(=O)/C=C/C(=O)Nc2cccc(C(F)(F)F)c2)c2ncccc2c1. The number of amides is 2. The number of carbonyl (C=O) groups excluding carboxylic acids is 2. The van der Waals surface area contributed by atoms with Crippen LogP contribution in [-0.2, 0) is 15.8 Å². The van der Waals surface area contributed by atoms with Crippen molar-refractivity contribution >= 4 is 34.1 Å². The van der Waals surface area contributed by atoms with E-state index >= 15 is 0 Å². The number of hydrogen-bond donors (Lipinski definition) is 3. The van der Waals surface area contributed by atoms with Gasteiger partial charge in [0.15, 0.2) is 0 Å². The van der Waals surface area contributed by atoms with E-state index in [0.717, 1.165) is 53.0 Å². The van der Waals surface area contributed by atoms with Crippen molar-refractivity contribution in [2.75, 3.05) is 24.3 Å². The van der Waals surface area contributed by atoms with Crippen LogP contribution in [0.3, 0.4) is 0 Å². The number of halogens is 3. The number of carbonyl (C=O) groups is 2. The molecule has 3 aromatic rings. The molecule has 1 atom stereocenters. The van der Waals surface area contributed by atoms with Crippen molar-refractivity contribution in [1.29, 1.82) is 0 Å². The van der Waals surface area contributed by atoms with Crippen LogP contribution in [0.25, 0.3) is 10.9 Å². The molecular weight excluding hydrogens is 473 g/mol. The minimum atomic E-state index is -4.51. The summed E-state index contributed by atoms with van der Waals surface area (Å²) < 4.78 is 43.7. The summed E-state index contributed by atoms with van der Waals surface area (Å²) in [6.45, 7) is 2.41. The maximum Gasteiger partial charge on any atom is 0.416 e. The van der Waals surface area contributed by atoms with Gasteiger partial charge < -0.3 is 20.7 Å². The van der Waals surface area contributed by atoms with Gasteiger partial charge in [0.2, 0.25) is 11.8 Å². The summed E-state index contributed by atoms with van der Waals surface area (Å²) in [5.41, 5.74) is 0.810. The highest BCUT2D eigenvalue weighted by Gasteiger charge is 2.30. The van der Waals surface area contributed by atoms with Gasteiger partial charge in [0.25, 0.3) is 0 Å². The Balaban J connectivity index is 1.42. The predicted molar refractivity (Wildman–Crippen MR) is 133 cm³/mol. The summed E-state index contributed by atoms with van der Waals surface area (Å²) in [5, 5.41) is 9.38. The molecule has 0 spiro atoms. The minimum Gasteiger partial charge on any atom is -0.497 e. The number of pyridine rings is 1. The molecule has 10 heteroatoms. The van der Waals surface area contributed by atoms with E-state index in [0.29, 0.717) is 13.0 Å². The average molecular weight is 501 g/mol. The third-order valence-corrected chi connectivity index (χ3v) is 5.27. The van der Waals surface area contributed by atoms with Crippen molar-refractivity contribution in [3.63, 3.8) is 0 Å². The number of aromatic nitrogens is 1. The average Bonchev–Trinajstić information content (AvgIpc) is 2.85. The van der Waals surface area contributed by atoms with Gasteiger partial charge in [-0.15, -0.1) is 0 Å². The number of methoxy groups -OCH3 is 1. The quantitative estimate of drug-likeness (QED) is 0.264. The maximum absolute atomic E-state index is 12.8. The Bertz CT molecular complexity index is 1240. The fourth-order valence-electron chi connectivity index (χ4n) is 3.52. The van der Waals surface area contributed by atoms with Crippen LogP contribution >= 0.6 is 0 Å². The van der Waals surface area contributed by atoms with Gasteiger partial charge in [0.1, 0.15) is 5.75 Å². The number of fused-ring (bicyclic) bond motifs is 1. The lowest BCUT2D eigenvalue weighted by Crippen LogP contribution is -2.24. The first kappa shape index (κ1) is 26.5. The number of alkyl halides is 3. The van der Waals surface area contributed by atoms with Crippen molar-refractivity contribution in [2.24, 2.45) is 0 Å². The van der Waals surface area contributed by atoms with E-state index in [2.05, 4.69) is 20.9 Å². The lowest BCUT2D eigenvalue weighted by Gasteiger charge is -2.17. The molecule has 7 nitrogen and oxygen atoms in total. The van der Waals surface area contributed by atoms with E-state index in [1.165, 1.54) is 12.1 Å². The highest BCUT2D eigenvalue weighted by Crippen LogP contribution is 2.31. The number of hydrogen-bond acceptors (Lipinski definition) is 5. The Kier molecular flexibility index (Phi) is 8.88. The van der Waals surface area contributed by atoms with Crippen molar-refractivity contribution < 1.29 is 27.5 Å². The molecule has 0 fully saturated rings. The summed E-state index contributed by atoms with van der Waals surface area (Å²) in [6, 6.07) is 12.0. The molecule has 1 heterocycles. The van der Waals surface area contributed by atoms with Gasteiger partial charge in [0, 0.05) is 48.1 Å². The van der Waals surface area contributed by atoms with Gasteiger partial charge in [-0.1, -0.05) is 12.1 Å². The predicted octanol–water partition coefficient (Wildman–Crippen LogP) is 5.15. The molecule has 1 unspecified atom stereocenters. The lowest BCUT2D eigenvalue weighted by atomic mass is 10.1. The molecule has 190 valence electrons. The van der Waals surface area contributed by atoms with Crippen LogP contribution in [0, 0.1) is 0 Å². The minimum absolute atomic E-state index is 0.0135. The van der Waals surface area contributed by atoms with Gasteiger partial charge in [-0.3, -0.25) is 14.6 Å². The van der Waals surface area contributed by atoms with Crippen LogP contribution in [0.4, 0.5) is 24.5 Å². The summed E-state index contributed by atoms with van der Waals surface area (Å²) in [5.74, 6) is -0.458. The Morgan fingerprint density at radius 1 is 1.08 bits per heavy atom. The first-order valence-electron chi connectivity index (χ1n) is 11.3. The van der Waals surface area contributed by atoms with Crippen molar-refractivity contribution in [3.8, 4) is 5.75 Å². The first-order chi connectivity index (χ1) is 17.2. The molecule has 1 aromatic heterocycles.